The van der Waals surface area contributed by atoms with E-state index >= 15 is 0 Å². The van der Waals surface area contributed by atoms with E-state index in [9.17, 15) is 0 Å². The maximum absolute atomic E-state index is 4.36. The number of nitrogens with one attached hydrogen (secondary N) is 1. The highest BCUT2D eigenvalue weighted by Gasteiger charge is 2.38. The summed E-state index contributed by atoms with van der Waals surface area (Å²) in [5.41, 5.74) is 0. The molecule has 1 aromatic rings. The van der Waals surface area contributed by atoms with Crippen LogP contribution >= 0.6 is 0 Å². The van der Waals surface area contributed by atoms with E-state index in [1.54, 1.807) is 0 Å². The topological polar surface area (TPSA) is 37.8 Å². The number of nitrogens with zero attached hydrogens (tertiary/aromatic N) is 2. The molecule has 1 unspecified atom stereocenters. The fraction of sp³-hybridized carbons (Fsp3) is 0.636. The second kappa shape index (κ2) is 3.31. The SMILES string of the molecule is c1cnc(C2C[C@H]3CNC[C@H]3C2)nc1. The molecule has 0 radical (unpaired) electrons. The van der Waals surface area contributed by atoms with Gasteiger partial charge in [-0.15, -0.1) is 0 Å². The monoisotopic (exact) mass is 189 g/mol. The van der Waals surface area contributed by atoms with E-state index in [1.807, 2.05) is 18.5 Å². The van der Waals surface area contributed by atoms with Crippen molar-refractivity contribution >= 4 is 0 Å². The van der Waals surface area contributed by atoms with Crippen molar-refractivity contribution in [1.29, 1.82) is 0 Å². The lowest BCUT2D eigenvalue weighted by Crippen LogP contribution is -2.12. The Morgan fingerprint density at radius 1 is 1.07 bits per heavy atom. The third-order valence-electron chi connectivity index (χ3n) is 3.61. The zero-order chi connectivity index (χ0) is 9.38. The summed E-state index contributed by atoms with van der Waals surface area (Å²) in [6, 6.07) is 1.89. The Bertz CT molecular complexity index is 300. The van der Waals surface area contributed by atoms with Gasteiger partial charge in [0.05, 0.1) is 0 Å². The van der Waals surface area contributed by atoms with Crippen LogP contribution in [0.15, 0.2) is 18.5 Å². The van der Waals surface area contributed by atoms with Crippen molar-refractivity contribution in [2.75, 3.05) is 13.1 Å². The maximum atomic E-state index is 4.36. The van der Waals surface area contributed by atoms with Crippen molar-refractivity contribution in [2.45, 2.75) is 18.8 Å². The van der Waals surface area contributed by atoms with Crippen LogP contribution < -0.4 is 5.32 Å². The molecule has 3 heteroatoms. The van der Waals surface area contributed by atoms with Crippen LogP contribution in [-0.2, 0) is 0 Å². The number of rotatable bonds is 1. The van der Waals surface area contributed by atoms with Crippen molar-refractivity contribution in [3.05, 3.63) is 24.3 Å². The van der Waals surface area contributed by atoms with E-state index in [0.717, 1.165) is 17.7 Å². The van der Waals surface area contributed by atoms with Crippen molar-refractivity contribution < 1.29 is 0 Å². The van der Waals surface area contributed by atoms with E-state index < -0.39 is 0 Å². The third-order valence-corrected chi connectivity index (χ3v) is 3.61. The van der Waals surface area contributed by atoms with E-state index in [-0.39, 0.29) is 0 Å². The lowest BCUT2D eigenvalue weighted by Gasteiger charge is -2.08. The van der Waals surface area contributed by atoms with Crippen LogP contribution in [0.1, 0.15) is 24.6 Å². The summed E-state index contributed by atoms with van der Waals surface area (Å²) in [6.45, 7) is 2.40. The Morgan fingerprint density at radius 3 is 2.36 bits per heavy atom. The first-order chi connectivity index (χ1) is 6.93. The third kappa shape index (κ3) is 1.32. The molecule has 0 aromatic carbocycles. The standard InChI is InChI=1S/C11H15N3/c1-2-13-11(14-3-1)8-4-9-6-12-7-10(9)5-8/h1-3,8-10,12H,4-7H2/t8?,9-,10+. The van der Waals surface area contributed by atoms with Crippen LogP contribution in [0.5, 0.6) is 0 Å². The van der Waals surface area contributed by atoms with Crippen molar-refractivity contribution in [3.63, 3.8) is 0 Å². The van der Waals surface area contributed by atoms with Crippen LogP contribution in [0, 0.1) is 11.8 Å². The van der Waals surface area contributed by atoms with Gasteiger partial charge in [0.15, 0.2) is 0 Å². The molecule has 0 spiro atoms. The molecule has 1 aromatic heterocycles. The zero-order valence-corrected chi connectivity index (χ0v) is 8.19. The first-order valence-corrected chi connectivity index (χ1v) is 5.41. The average Bonchev–Trinajstić information content (AvgIpc) is 2.78. The first kappa shape index (κ1) is 8.36. The van der Waals surface area contributed by atoms with Crippen molar-refractivity contribution in [1.82, 2.24) is 15.3 Å². The summed E-state index contributed by atoms with van der Waals surface area (Å²) in [7, 11) is 0. The smallest absolute Gasteiger partial charge is 0.131 e. The molecule has 3 nitrogen and oxygen atoms in total. The summed E-state index contributed by atoms with van der Waals surface area (Å²) in [5.74, 6) is 3.43. The Hall–Kier alpha value is -0.960. The van der Waals surface area contributed by atoms with Gasteiger partial charge < -0.3 is 5.32 Å². The van der Waals surface area contributed by atoms with Gasteiger partial charge in [-0.05, 0) is 43.8 Å². The Morgan fingerprint density at radius 2 is 1.71 bits per heavy atom. The molecule has 1 aliphatic heterocycles. The average molecular weight is 189 g/mol. The van der Waals surface area contributed by atoms with Crippen LogP contribution in [0.2, 0.25) is 0 Å². The molecule has 3 atom stereocenters. The molecule has 0 bridgehead atoms. The number of hydrogen-bond donors (Lipinski definition) is 1. The largest absolute Gasteiger partial charge is 0.316 e. The highest BCUT2D eigenvalue weighted by atomic mass is 14.9. The highest BCUT2D eigenvalue weighted by Crippen LogP contribution is 2.42. The number of hydrogen-bond acceptors (Lipinski definition) is 3. The van der Waals surface area contributed by atoms with Crippen LogP contribution in [0.3, 0.4) is 0 Å². The Balaban J connectivity index is 1.77. The molecule has 14 heavy (non-hydrogen) atoms. The van der Waals surface area contributed by atoms with Crippen molar-refractivity contribution in [2.24, 2.45) is 11.8 Å². The Kier molecular flexibility index (Phi) is 1.98. The number of aromatic nitrogens is 2. The van der Waals surface area contributed by atoms with E-state index in [4.69, 9.17) is 0 Å². The van der Waals surface area contributed by atoms with E-state index in [2.05, 4.69) is 15.3 Å². The fourth-order valence-corrected chi connectivity index (χ4v) is 2.90. The second-order valence-corrected chi connectivity index (χ2v) is 4.45. The minimum absolute atomic E-state index is 0.619. The summed E-state index contributed by atoms with van der Waals surface area (Å²) >= 11 is 0. The molecular formula is C11H15N3. The maximum Gasteiger partial charge on any atom is 0.131 e. The second-order valence-electron chi connectivity index (χ2n) is 4.45. The quantitative estimate of drug-likeness (QED) is 0.721. The summed E-state index contributed by atoms with van der Waals surface area (Å²) in [4.78, 5) is 8.71. The molecule has 1 saturated heterocycles. The summed E-state index contributed by atoms with van der Waals surface area (Å²) in [6.07, 6.45) is 6.27. The molecule has 2 aliphatic rings. The van der Waals surface area contributed by atoms with Gasteiger partial charge in [-0.25, -0.2) is 9.97 Å². The summed E-state index contributed by atoms with van der Waals surface area (Å²) < 4.78 is 0. The van der Waals surface area contributed by atoms with Gasteiger partial charge in [0.25, 0.3) is 0 Å². The van der Waals surface area contributed by atoms with Gasteiger partial charge in [-0.3, -0.25) is 0 Å². The molecule has 1 N–H and O–H groups in total. The van der Waals surface area contributed by atoms with E-state index in [1.165, 1.54) is 25.9 Å². The Labute approximate surface area is 84.0 Å². The van der Waals surface area contributed by atoms with Crippen molar-refractivity contribution in [3.8, 4) is 0 Å². The van der Waals surface area contributed by atoms with Crippen LogP contribution in [0.4, 0.5) is 0 Å². The molecule has 0 amide bonds. The molecule has 1 saturated carbocycles. The van der Waals surface area contributed by atoms with E-state index in [0.29, 0.717) is 5.92 Å². The lowest BCUT2D eigenvalue weighted by molar-refractivity contribution is 0.494. The zero-order valence-electron chi connectivity index (χ0n) is 8.19. The summed E-state index contributed by atoms with van der Waals surface area (Å²) in [5, 5.41) is 3.46. The number of fused-ring (bicyclic) bond motifs is 1. The molecule has 1 aliphatic carbocycles. The molecule has 2 heterocycles. The minimum atomic E-state index is 0.619. The van der Waals surface area contributed by atoms with Gasteiger partial charge in [0.2, 0.25) is 0 Å². The molecule has 74 valence electrons. The van der Waals surface area contributed by atoms with Gasteiger partial charge in [-0.1, -0.05) is 0 Å². The van der Waals surface area contributed by atoms with Crippen LogP contribution in [0.25, 0.3) is 0 Å². The predicted molar refractivity (Wildman–Crippen MR) is 53.9 cm³/mol. The highest BCUT2D eigenvalue weighted by molar-refractivity contribution is 5.04. The minimum Gasteiger partial charge on any atom is -0.316 e. The first-order valence-electron chi connectivity index (χ1n) is 5.41. The molecule has 2 fully saturated rings. The van der Waals surface area contributed by atoms with Gasteiger partial charge in [0, 0.05) is 18.3 Å². The molecular weight excluding hydrogens is 174 g/mol. The van der Waals surface area contributed by atoms with Gasteiger partial charge >= 0.3 is 0 Å². The molecule has 3 rings (SSSR count). The lowest BCUT2D eigenvalue weighted by atomic mass is 10.0. The predicted octanol–water partition coefficient (Wildman–Crippen LogP) is 1.19. The van der Waals surface area contributed by atoms with Gasteiger partial charge in [-0.2, -0.15) is 0 Å². The fourth-order valence-electron chi connectivity index (χ4n) is 2.90. The normalized spacial score (nSPS) is 35.9. The van der Waals surface area contributed by atoms with Crippen LogP contribution in [-0.4, -0.2) is 23.1 Å². The van der Waals surface area contributed by atoms with Gasteiger partial charge in [0.1, 0.15) is 5.82 Å².